The molecule has 0 amide bonds. The summed E-state index contributed by atoms with van der Waals surface area (Å²) in [5, 5.41) is 2.80. The minimum Gasteiger partial charge on any atom is -0.309 e. The summed E-state index contributed by atoms with van der Waals surface area (Å²) in [6.07, 6.45) is 14.8. The number of unbranched alkanes of at least 4 members (excludes halogenated alkanes) is 1. The molecule has 3 aromatic carbocycles. The topological polar surface area (TPSA) is 17.1 Å². The van der Waals surface area contributed by atoms with Crippen molar-refractivity contribution in [2.24, 2.45) is 0 Å². The first-order valence-electron chi connectivity index (χ1n) is 13.4. The van der Waals surface area contributed by atoms with E-state index in [-0.39, 0.29) is 0 Å². The summed E-state index contributed by atoms with van der Waals surface area (Å²) in [7, 11) is -3.09. The van der Waals surface area contributed by atoms with Gasteiger partial charge in [-0.3, -0.25) is 0 Å². The summed E-state index contributed by atoms with van der Waals surface area (Å²) in [4.78, 5) is 0. The molecule has 0 heterocycles. The fraction of sp³-hybridized carbons (Fsp3) is 0.235. The van der Waals surface area contributed by atoms with Crippen LogP contribution < -0.4 is 10.6 Å². The van der Waals surface area contributed by atoms with Crippen molar-refractivity contribution in [2.45, 2.75) is 51.9 Å². The minimum atomic E-state index is -3.09. The van der Waals surface area contributed by atoms with Crippen molar-refractivity contribution >= 4 is 23.8 Å². The smallest absolute Gasteiger partial charge is 0.171 e. The van der Waals surface area contributed by atoms with Crippen molar-refractivity contribution in [1.29, 1.82) is 0 Å². The molecule has 0 unspecified atom stereocenters. The Hall–Kier alpha value is -3.15. The fourth-order valence-electron chi connectivity index (χ4n) is 5.47. The predicted octanol–water partition coefficient (Wildman–Crippen LogP) is 8.97. The second-order valence-corrected chi connectivity index (χ2v) is 12.5. The zero-order valence-corrected chi connectivity index (χ0v) is 22.1. The van der Waals surface area contributed by atoms with Gasteiger partial charge in [0.25, 0.3) is 0 Å². The second kappa shape index (κ2) is 11.3. The van der Waals surface area contributed by atoms with Crippen molar-refractivity contribution in [3.8, 4) is 0 Å². The zero-order valence-electron chi connectivity index (χ0n) is 21.2. The van der Waals surface area contributed by atoms with E-state index in [1.165, 1.54) is 41.5 Å². The van der Waals surface area contributed by atoms with Gasteiger partial charge in [0.05, 0.1) is 0 Å². The van der Waals surface area contributed by atoms with Crippen molar-refractivity contribution < 1.29 is 4.57 Å². The van der Waals surface area contributed by atoms with Crippen LogP contribution >= 0.6 is 7.14 Å². The number of rotatable bonds is 7. The Labute approximate surface area is 216 Å². The summed E-state index contributed by atoms with van der Waals surface area (Å²) in [5.74, 6) is 0. The summed E-state index contributed by atoms with van der Waals surface area (Å²) in [6, 6.07) is 30.8. The first-order chi connectivity index (χ1) is 17.7. The van der Waals surface area contributed by atoms with Gasteiger partial charge < -0.3 is 4.57 Å². The molecule has 2 aliphatic rings. The molecule has 2 heteroatoms. The van der Waals surface area contributed by atoms with Gasteiger partial charge in [-0.1, -0.05) is 123 Å². The molecule has 3 aromatic rings. The van der Waals surface area contributed by atoms with E-state index in [0.717, 1.165) is 47.2 Å². The highest BCUT2D eigenvalue weighted by atomic mass is 31.2. The third-order valence-corrected chi connectivity index (χ3v) is 10.4. The Bertz CT molecular complexity index is 1310. The highest BCUT2D eigenvalue weighted by Gasteiger charge is 2.37. The van der Waals surface area contributed by atoms with E-state index in [9.17, 15) is 0 Å². The van der Waals surface area contributed by atoms with E-state index in [1.807, 2.05) is 60.7 Å². The van der Waals surface area contributed by atoms with Gasteiger partial charge in [0, 0.05) is 15.9 Å². The Balaban J connectivity index is 1.74. The van der Waals surface area contributed by atoms with Crippen LogP contribution in [0.1, 0.15) is 57.4 Å². The third kappa shape index (κ3) is 4.91. The molecule has 0 saturated carbocycles. The van der Waals surface area contributed by atoms with Gasteiger partial charge in [-0.25, -0.2) is 0 Å². The zero-order chi connectivity index (χ0) is 24.8. The largest absolute Gasteiger partial charge is 0.309 e. The quantitative estimate of drug-likeness (QED) is 0.302. The molecule has 0 spiro atoms. The van der Waals surface area contributed by atoms with Crippen LogP contribution in [0.4, 0.5) is 0 Å². The van der Waals surface area contributed by atoms with Gasteiger partial charge >= 0.3 is 0 Å². The van der Waals surface area contributed by atoms with Crippen molar-refractivity contribution in [3.63, 3.8) is 0 Å². The van der Waals surface area contributed by atoms with E-state index in [1.54, 1.807) is 0 Å². The predicted molar refractivity (Wildman–Crippen MR) is 155 cm³/mol. The summed E-state index contributed by atoms with van der Waals surface area (Å²) < 4.78 is 15.5. The van der Waals surface area contributed by atoms with Crippen molar-refractivity contribution in [2.75, 3.05) is 0 Å². The standard InChI is InChI=1S/C34H35OP/c1-2-3-24-34(36(35,29-19-11-6-12-20-29)30-21-13-7-14-22-30)33-26-28-18-10-5-15-23-31(28)32(33)25-27-16-8-4-9-17-27/h4,6-9,11-14,16-17,19-22,24-26H,2-3,5,10,15,18,23H2,1H3/b32-25+,34-24-. The molecule has 36 heavy (non-hydrogen) atoms. The van der Waals surface area contributed by atoms with E-state index >= 15 is 4.57 Å². The normalized spacial score (nSPS) is 17.6. The van der Waals surface area contributed by atoms with E-state index in [0.29, 0.717) is 0 Å². The Kier molecular flexibility index (Phi) is 7.69. The lowest BCUT2D eigenvalue weighted by atomic mass is 9.95. The average Bonchev–Trinajstić information content (AvgIpc) is 3.10. The van der Waals surface area contributed by atoms with Gasteiger partial charge in [0.2, 0.25) is 0 Å². The highest BCUT2D eigenvalue weighted by molar-refractivity contribution is 7.82. The molecule has 0 aliphatic heterocycles. The van der Waals surface area contributed by atoms with Gasteiger partial charge in [0.15, 0.2) is 7.14 Å². The molecule has 0 saturated heterocycles. The lowest BCUT2D eigenvalue weighted by Crippen LogP contribution is -2.18. The van der Waals surface area contributed by atoms with Crippen LogP contribution in [-0.4, -0.2) is 0 Å². The van der Waals surface area contributed by atoms with E-state index in [2.05, 4.69) is 55.5 Å². The van der Waals surface area contributed by atoms with Gasteiger partial charge in [-0.2, -0.15) is 0 Å². The third-order valence-electron chi connectivity index (χ3n) is 7.29. The summed E-state index contributed by atoms with van der Waals surface area (Å²) >= 11 is 0. The molecule has 0 bridgehead atoms. The first kappa shape index (κ1) is 24.5. The maximum absolute atomic E-state index is 15.5. The van der Waals surface area contributed by atoms with E-state index < -0.39 is 7.14 Å². The molecule has 0 radical (unpaired) electrons. The second-order valence-electron chi connectivity index (χ2n) is 9.75. The molecule has 0 aromatic heterocycles. The first-order valence-corrected chi connectivity index (χ1v) is 15.1. The molecular formula is C34H35OP. The number of allylic oxidation sites excluding steroid dienone is 7. The fourth-order valence-corrected chi connectivity index (χ4v) is 8.42. The molecular weight excluding hydrogens is 455 g/mol. The summed E-state index contributed by atoms with van der Waals surface area (Å²) in [6.45, 7) is 2.20. The maximum Gasteiger partial charge on any atom is 0.171 e. The molecule has 0 N–H and O–H groups in total. The highest BCUT2D eigenvalue weighted by Crippen LogP contribution is 2.59. The lowest BCUT2D eigenvalue weighted by Gasteiger charge is -2.25. The van der Waals surface area contributed by atoms with Gasteiger partial charge in [-0.15, -0.1) is 0 Å². The van der Waals surface area contributed by atoms with Crippen molar-refractivity contribution in [3.05, 3.63) is 136 Å². The van der Waals surface area contributed by atoms with Gasteiger partial charge in [0.1, 0.15) is 0 Å². The molecule has 5 rings (SSSR count). The average molecular weight is 491 g/mol. The van der Waals surface area contributed by atoms with Crippen LogP contribution in [0.5, 0.6) is 0 Å². The Morgan fingerprint density at radius 3 is 1.97 bits per heavy atom. The number of benzene rings is 3. The minimum absolute atomic E-state index is 0.902. The van der Waals surface area contributed by atoms with Crippen LogP contribution in [-0.2, 0) is 4.57 Å². The molecule has 2 aliphatic carbocycles. The molecule has 1 nitrogen and oxygen atoms in total. The Morgan fingerprint density at radius 1 is 0.778 bits per heavy atom. The monoisotopic (exact) mass is 490 g/mol. The number of hydrogen-bond donors (Lipinski definition) is 0. The van der Waals surface area contributed by atoms with Crippen LogP contribution in [0.25, 0.3) is 6.08 Å². The molecule has 0 atom stereocenters. The van der Waals surface area contributed by atoms with Crippen LogP contribution in [0.15, 0.2) is 131 Å². The van der Waals surface area contributed by atoms with Crippen LogP contribution in [0, 0.1) is 0 Å². The Morgan fingerprint density at radius 2 is 1.36 bits per heavy atom. The van der Waals surface area contributed by atoms with Crippen LogP contribution in [0.2, 0.25) is 0 Å². The van der Waals surface area contributed by atoms with Crippen LogP contribution in [0.3, 0.4) is 0 Å². The van der Waals surface area contributed by atoms with Crippen molar-refractivity contribution in [1.82, 2.24) is 0 Å². The number of hydrogen-bond acceptors (Lipinski definition) is 1. The summed E-state index contributed by atoms with van der Waals surface area (Å²) in [5.41, 5.74) is 6.53. The molecule has 0 fully saturated rings. The van der Waals surface area contributed by atoms with Gasteiger partial charge in [-0.05, 0) is 66.0 Å². The van der Waals surface area contributed by atoms with E-state index in [4.69, 9.17) is 0 Å². The molecule has 182 valence electrons. The lowest BCUT2D eigenvalue weighted by molar-refractivity contribution is 0.590. The SMILES string of the molecule is CCC/C=C(/C1=CC2=C(CCCCC2)/C1=C\c1ccccc1)P(=O)(c1ccccc1)c1ccccc1. The maximum atomic E-state index is 15.5.